The van der Waals surface area contributed by atoms with E-state index in [0.717, 1.165) is 24.5 Å². The van der Waals surface area contributed by atoms with Crippen LogP contribution >= 0.6 is 0 Å². The molecule has 0 amide bonds. The number of nitrogens with one attached hydrogen (secondary N) is 2. The SMILES string of the molecule is N=CN=C(Oc1ccc([N+](=O)[O-])cc1F)c1ccc[nH]1. The number of nitro benzene ring substituents is 1. The highest BCUT2D eigenvalue weighted by atomic mass is 19.1. The molecule has 0 aliphatic carbocycles. The van der Waals surface area contributed by atoms with Gasteiger partial charge in [0.05, 0.1) is 11.0 Å². The van der Waals surface area contributed by atoms with Crippen molar-refractivity contribution >= 4 is 17.9 Å². The lowest BCUT2D eigenvalue weighted by molar-refractivity contribution is -0.385. The largest absolute Gasteiger partial charge is 0.434 e. The van der Waals surface area contributed by atoms with Crippen LogP contribution in [0.2, 0.25) is 0 Å². The molecule has 0 saturated carbocycles. The Morgan fingerprint density at radius 1 is 1.50 bits per heavy atom. The number of hydrogen-bond acceptors (Lipinski definition) is 4. The number of non-ortho nitro benzene ring substituents is 1. The van der Waals surface area contributed by atoms with Crippen molar-refractivity contribution < 1.29 is 14.1 Å². The van der Waals surface area contributed by atoms with Gasteiger partial charge in [0.15, 0.2) is 11.6 Å². The number of ether oxygens (including phenoxy) is 1. The Morgan fingerprint density at radius 3 is 2.85 bits per heavy atom. The summed E-state index contributed by atoms with van der Waals surface area (Å²) in [5, 5.41) is 17.5. The first-order valence-corrected chi connectivity index (χ1v) is 5.44. The van der Waals surface area contributed by atoms with E-state index in [2.05, 4.69) is 9.98 Å². The Labute approximate surface area is 112 Å². The second-order valence-electron chi connectivity index (χ2n) is 3.62. The van der Waals surface area contributed by atoms with Gasteiger partial charge in [-0.2, -0.15) is 0 Å². The summed E-state index contributed by atoms with van der Waals surface area (Å²) >= 11 is 0. The number of rotatable bonds is 4. The zero-order valence-corrected chi connectivity index (χ0v) is 10.0. The molecule has 0 unspecified atom stereocenters. The van der Waals surface area contributed by atoms with Gasteiger partial charge >= 0.3 is 0 Å². The van der Waals surface area contributed by atoms with Gasteiger partial charge in [-0.1, -0.05) is 0 Å². The summed E-state index contributed by atoms with van der Waals surface area (Å²) in [5.41, 5.74) is 0.0755. The van der Waals surface area contributed by atoms with Gasteiger partial charge in [0.2, 0.25) is 5.90 Å². The highest BCUT2D eigenvalue weighted by molar-refractivity contribution is 5.97. The summed E-state index contributed by atoms with van der Waals surface area (Å²) in [7, 11) is 0. The minimum Gasteiger partial charge on any atom is -0.434 e. The maximum absolute atomic E-state index is 13.7. The standard InChI is InChI=1S/C12H9FN4O3/c13-9-6-8(17(18)19)3-4-11(9)20-12(16-7-14)10-2-1-5-15-10/h1-7,14-15H. The van der Waals surface area contributed by atoms with Crippen LogP contribution in [0.5, 0.6) is 5.75 Å². The number of aliphatic imine (C=N–C) groups is 1. The molecule has 0 bridgehead atoms. The number of hydrogen-bond donors (Lipinski definition) is 2. The van der Waals surface area contributed by atoms with Crippen LogP contribution in [0.15, 0.2) is 41.5 Å². The van der Waals surface area contributed by atoms with Crippen molar-refractivity contribution in [3.05, 3.63) is 58.2 Å². The van der Waals surface area contributed by atoms with Gasteiger partial charge in [-0.3, -0.25) is 15.5 Å². The Hall–Kier alpha value is -3.03. The molecule has 1 aromatic heterocycles. The van der Waals surface area contributed by atoms with Crippen molar-refractivity contribution in [2.24, 2.45) is 4.99 Å². The van der Waals surface area contributed by atoms with Crippen molar-refractivity contribution in [1.29, 1.82) is 5.41 Å². The van der Waals surface area contributed by atoms with Crippen LogP contribution in [-0.4, -0.2) is 22.1 Å². The molecule has 7 nitrogen and oxygen atoms in total. The van der Waals surface area contributed by atoms with Gasteiger partial charge < -0.3 is 9.72 Å². The van der Waals surface area contributed by atoms with E-state index in [-0.39, 0.29) is 17.3 Å². The normalized spacial score (nSPS) is 11.2. The van der Waals surface area contributed by atoms with Crippen LogP contribution in [0.3, 0.4) is 0 Å². The van der Waals surface area contributed by atoms with E-state index < -0.39 is 10.7 Å². The molecule has 0 aliphatic rings. The van der Waals surface area contributed by atoms with Crippen LogP contribution < -0.4 is 4.74 Å². The molecule has 102 valence electrons. The Balaban J connectivity index is 2.30. The van der Waals surface area contributed by atoms with Crippen LogP contribution in [0, 0.1) is 21.3 Å². The molecule has 0 atom stereocenters. The number of aromatic amines is 1. The zero-order chi connectivity index (χ0) is 14.5. The topological polar surface area (TPSA) is 104 Å². The molecule has 0 aliphatic heterocycles. The Morgan fingerprint density at radius 2 is 2.30 bits per heavy atom. The second-order valence-corrected chi connectivity index (χ2v) is 3.62. The molecule has 2 rings (SSSR count). The van der Waals surface area contributed by atoms with Crippen molar-refractivity contribution in [3.63, 3.8) is 0 Å². The minimum absolute atomic E-state index is 0.0160. The molecule has 1 heterocycles. The van der Waals surface area contributed by atoms with Crippen molar-refractivity contribution in [3.8, 4) is 5.75 Å². The Bertz CT molecular complexity index is 667. The number of benzene rings is 1. The maximum Gasteiger partial charge on any atom is 0.272 e. The zero-order valence-electron chi connectivity index (χ0n) is 10.0. The lowest BCUT2D eigenvalue weighted by Gasteiger charge is -2.07. The molecule has 0 fully saturated rings. The average Bonchev–Trinajstić information content (AvgIpc) is 2.94. The summed E-state index contributed by atoms with van der Waals surface area (Å²) in [6.45, 7) is 0. The lowest BCUT2D eigenvalue weighted by atomic mass is 10.3. The molecule has 2 N–H and O–H groups in total. The van der Waals surface area contributed by atoms with Crippen LogP contribution in [0.25, 0.3) is 0 Å². The van der Waals surface area contributed by atoms with Gasteiger partial charge in [-0.25, -0.2) is 9.38 Å². The average molecular weight is 276 g/mol. The maximum atomic E-state index is 13.7. The highest BCUT2D eigenvalue weighted by Gasteiger charge is 2.14. The van der Waals surface area contributed by atoms with Gasteiger partial charge in [0.25, 0.3) is 5.69 Å². The first-order chi connectivity index (χ1) is 9.61. The molecule has 0 saturated heterocycles. The molecule has 20 heavy (non-hydrogen) atoms. The summed E-state index contributed by atoms with van der Waals surface area (Å²) < 4.78 is 18.9. The van der Waals surface area contributed by atoms with Crippen molar-refractivity contribution in [1.82, 2.24) is 4.98 Å². The Kier molecular flexibility index (Phi) is 3.85. The molecule has 0 spiro atoms. The van der Waals surface area contributed by atoms with Gasteiger partial charge in [-0.15, -0.1) is 0 Å². The fourth-order valence-electron chi connectivity index (χ4n) is 1.46. The third-order valence-corrected chi connectivity index (χ3v) is 2.34. The predicted molar refractivity (Wildman–Crippen MR) is 69.8 cm³/mol. The predicted octanol–water partition coefficient (Wildman–Crippen LogP) is 2.49. The number of H-pyrrole nitrogens is 1. The highest BCUT2D eigenvalue weighted by Crippen LogP contribution is 2.23. The smallest absolute Gasteiger partial charge is 0.272 e. The first-order valence-electron chi connectivity index (χ1n) is 5.44. The van der Waals surface area contributed by atoms with Crippen LogP contribution in [0.4, 0.5) is 10.1 Å². The van der Waals surface area contributed by atoms with Gasteiger partial charge in [-0.05, 0) is 18.2 Å². The lowest BCUT2D eigenvalue weighted by Crippen LogP contribution is -2.12. The van der Waals surface area contributed by atoms with Gasteiger partial charge in [0, 0.05) is 12.3 Å². The molecular weight excluding hydrogens is 267 g/mol. The fourth-order valence-corrected chi connectivity index (χ4v) is 1.46. The van der Waals surface area contributed by atoms with E-state index >= 15 is 0 Å². The van der Waals surface area contributed by atoms with E-state index in [9.17, 15) is 14.5 Å². The summed E-state index contributed by atoms with van der Waals surface area (Å²) in [6, 6.07) is 6.33. The third kappa shape index (κ3) is 2.86. The second kappa shape index (κ2) is 5.74. The van der Waals surface area contributed by atoms with E-state index in [1.54, 1.807) is 18.3 Å². The van der Waals surface area contributed by atoms with Crippen molar-refractivity contribution in [2.45, 2.75) is 0 Å². The molecule has 0 radical (unpaired) electrons. The van der Waals surface area contributed by atoms with Crippen LogP contribution in [-0.2, 0) is 0 Å². The van der Waals surface area contributed by atoms with E-state index in [4.69, 9.17) is 10.1 Å². The van der Waals surface area contributed by atoms with E-state index in [0.29, 0.717) is 5.69 Å². The van der Waals surface area contributed by atoms with Crippen molar-refractivity contribution in [2.75, 3.05) is 0 Å². The molecule has 8 heteroatoms. The summed E-state index contributed by atoms with van der Waals surface area (Å²) in [4.78, 5) is 16.3. The number of aromatic nitrogens is 1. The fraction of sp³-hybridized carbons (Fsp3) is 0. The number of halogens is 1. The molecular formula is C12H9FN4O3. The number of nitro groups is 1. The quantitative estimate of drug-likeness (QED) is 0.388. The van der Waals surface area contributed by atoms with E-state index in [1.165, 1.54) is 0 Å². The number of nitrogens with zero attached hydrogens (tertiary/aromatic N) is 2. The third-order valence-electron chi connectivity index (χ3n) is 2.34. The minimum atomic E-state index is -0.886. The summed E-state index contributed by atoms with van der Waals surface area (Å²) in [6.07, 6.45) is 2.36. The molecule has 1 aromatic carbocycles. The van der Waals surface area contributed by atoms with Gasteiger partial charge in [0.1, 0.15) is 12.0 Å². The monoisotopic (exact) mass is 276 g/mol. The summed E-state index contributed by atoms with van der Waals surface area (Å²) in [5.74, 6) is -1.12. The van der Waals surface area contributed by atoms with Crippen LogP contribution in [0.1, 0.15) is 5.69 Å². The van der Waals surface area contributed by atoms with E-state index in [1.807, 2.05) is 0 Å². The molecule has 2 aromatic rings. The first kappa shape index (κ1) is 13.4.